The Morgan fingerprint density at radius 1 is 1.25 bits per heavy atom. The topological polar surface area (TPSA) is 9.23 Å². The lowest BCUT2D eigenvalue weighted by atomic mass is 9.83. The lowest BCUT2D eigenvalue weighted by Gasteiger charge is -2.36. The molecule has 16 heavy (non-hydrogen) atoms. The molecule has 0 amide bonds. The summed E-state index contributed by atoms with van der Waals surface area (Å²) in [5.74, 6) is 0.471. The molecule has 0 aliphatic carbocycles. The number of rotatable bonds is 2. The van der Waals surface area contributed by atoms with Crippen molar-refractivity contribution in [2.24, 2.45) is 5.92 Å². The predicted molar refractivity (Wildman–Crippen MR) is 67.3 cm³/mol. The van der Waals surface area contributed by atoms with Crippen LogP contribution in [0.5, 0.6) is 0 Å². The Labute approximate surface area is 98.1 Å². The molecule has 1 fully saturated rings. The maximum Gasteiger partial charge on any atom is 0.0893 e. The van der Waals surface area contributed by atoms with Gasteiger partial charge in [0.2, 0.25) is 0 Å². The zero-order valence-corrected chi connectivity index (χ0v) is 10.1. The minimum absolute atomic E-state index is 0.197. The van der Waals surface area contributed by atoms with E-state index in [-0.39, 0.29) is 6.10 Å². The average Bonchev–Trinajstić information content (AvgIpc) is 2.29. The Kier molecular flexibility index (Phi) is 3.45. The summed E-state index contributed by atoms with van der Waals surface area (Å²) in [6.07, 6.45) is 2.89. The third-order valence-electron chi connectivity index (χ3n) is 3.39. The number of hydrogen-bond acceptors (Lipinski definition) is 1. The first kappa shape index (κ1) is 11.4. The lowest BCUT2D eigenvalue weighted by molar-refractivity contribution is -0.0672. The Bertz CT molecular complexity index is 355. The van der Waals surface area contributed by atoms with Gasteiger partial charge in [0.25, 0.3) is 0 Å². The van der Waals surface area contributed by atoms with Crippen LogP contribution in [0.25, 0.3) is 0 Å². The Morgan fingerprint density at radius 2 is 1.94 bits per heavy atom. The molecule has 2 rings (SSSR count). The van der Waals surface area contributed by atoms with Gasteiger partial charge in [0.1, 0.15) is 0 Å². The molecule has 1 heteroatoms. The van der Waals surface area contributed by atoms with Gasteiger partial charge in [-0.05, 0) is 32.3 Å². The molecule has 1 aliphatic rings. The number of hydrogen-bond donors (Lipinski definition) is 0. The smallest absolute Gasteiger partial charge is 0.0893 e. The van der Waals surface area contributed by atoms with Crippen LogP contribution >= 0.6 is 0 Å². The maximum atomic E-state index is 6.09. The maximum absolute atomic E-state index is 6.09. The van der Waals surface area contributed by atoms with Crippen molar-refractivity contribution in [2.45, 2.75) is 38.9 Å². The molecule has 0 radical (unpaired) electrons. The summed E-state index contributed by atoms with van der Waals surface area (Å²) in [5, 5.41) is 0. The second kappa shape index (κ2) is 4.84. The normalized spacial score (nSPS) is 30.0. The van der Waals surface area contributed by atoms with Gasteiger partial charge in [-0.1, -0.05) is 42.5 Å². The summed E-state index contributed by atoms with van der Waals surface area (Å²) < 4.78 is 6.09. The van der Waals surface area contributed by atoms with Gasteiger partial charge in [-0.2, -0.15) is 0 Å². The molecule has 3 atom stereocenters. The molecule has 1 saturated heterocycles. The van der Waals surface area contributed by atoms with Crippen molar-refractivity contribution in [2.75, 3.05) is 0 Å². The fourth-order valence-electron chi connectivity index (χ4n) is 2.44. The minimum atomic E-state index is 0.197. The molecular weight excluding hydrogens is 196 g/mol. The molecule has 0 bridgehead atoms. The van der Waals surface area contributed by atoms with E-state index in [0.29, 0.717) is 12.0 Å². The van der Waals surface area contributed by atoms with Gasteiger partial charge < -0.3 is 4.74 Å². The van der Waals surface area contributed by atoms with E-state index in [1.165, 1.54) is 17.6 Å². The van der Waals surface area contributed by atoms with Crippen LogP contribution in [0.4, 0.5) is 0 Å². The summed E-state index contributed by atoms with van der Waals surface area (Å²) in [6.45, 7) is 8.37. The second-order valence-corrected chi connectivity index (χ2v) is 4.81. The molecule has 1 aliphatic heterocycles. The first-order valence-corrected chi connectivity index (χ1v) is 6.04. The highest BCUT2D eigenvalue weighted by molar-refractivity contribution is 5.21. The largest absolute Gasteiger partial charge is 0.370 e. The van der Waals surface area contributed by atoms with Gasteiger partial charge in [-0.25, -0.2) is 0 Å². The van der Waals surface area contributed by atoms with E-state index in [1.807, 2.05) is 6.07 Å². The molecule has 1 nitrogen and oxygen atoms in total. The third kappa shape index (κ3) is 2.35. The Morgan fingerprint density at radius 3 is 2.56 bits per heavy atom. The van der Waals surface area contributed by atoms with Crippen LogP contribution in [0.15, 0.2) is 42.5 Å². The van der Waals surface area contributed by atoms with Gasteiger partial charge in [0, 0.05) is 5.92 Å². The number of benzene rings is 1. The summed E-state index contributed by atoms with van der Waals surface area (Å²) in [5.41, 5.74) is 2.52. The number of ether oxygens (including phenoxy) is 1. The molecule has 0 N–H and O–H groups in total. The first-order valence-electron chi connectivity index (χ1n) is 6.04. The molecule has 0 unspecified atom stereocenters. The van der Waals surface area contributed by atoms with E-state index < -0.39 is 0 Å². The van der Waals surface area contributed by atoms with Crippen molar-refractivity contribution in [3.63, 3.8) is 0 Å². The van der Waals surface area contributed by atoms with E-state index in [2.05, 4.69) is 44.7 Å². The van der Waals surface area contributed by atoms with Gasteiger partial charge in [0.15, 0.2) is 0 Å². The molecule has 86 valence electrons. The van der Waals surface area contributed by atoms with E-state index in [4.69, 9.17) is 4.74 Å². The van der Waals surface area contributed by atoms with Crippen LogP contribution < -0.4 is 0 Å². The fraction of sp³-hybridized carbons (Fsp3) is 0.467. The quantitative estimate of drug-likeness (QED) is 0.676. The van der Waals surface area contributed by atoms with Crippen molar-refractivity contribution < 1.29 is 4.74 Å². The summed E-state index contributed by atoms with van der Waals surface area (Å²) in [4.78, 5) is 0. The van der Waals surface area contributed by atoms with Crippen molar-refractivity contribution >= 4 is 0 Å². The highest BCUT2D eigenvalue weighted by atomic mass is 16.5. The Hall–Kier alpha value is -1.08. The molecular formula is C15H20O. The second-order valence-electron chi connectivity index (χ2n) is 4.81. The van der Waals surface area contributed by atoms with Crippen LogP contribution in [-0.2, 0) is 4.74 Å². The van der Waals surface area contributed by atoms with Crippen LogP contribution in [-0.4, -0.2) is 6.10 Å². The third-order valence-corrected chi connectivity index (χ3v) is 3.39. The van der Waals surface area contributed by atoms with Crippen molar-refractivity contribution in [3.8, 4) is 0 Å². The highest BCUT2D eigenvalue weighted by Gasteiger charge is 2.30. The molecule has 0 aromatic heterocycles. The van der Waals surface area contributed by atoms with Crippen molar-refractivity contribution in [3.05, 3.63) is 48.0 Å². The molecule has 1 aromatic rings. The minimum Gasteiger partial charge on any atom is -0.370 e. The molecule has 1 heterocycles. The van der Waals surface area contributed by atoms with Crippen molar-refractivity contribution in [1.82, 2.24) is 0 Å². The van der Waals surface area contributed by atoms with E-state index >= 15 is 0 Å². The van der Waals surface area contributed by atoms with Crippen molar-refractivity contribution in [1.29, 1.82) is 0 Å². The van der Waals surface area contributed by atoms with Gasteiger partial charge in [0.05, 0.1) is 12.2 Å². The van der Waals surface area contributed by atoms with Gasteiger partial charge >= 0.3 is 0 Å². The zero-order valence-electron chi connectivity index (χ0n) is 10.1. The molecule has 0 saturated carbocycles. The zero-order chi connectivity index (χ0) is 11.5. The van der Waals surface area contributed by atoms with E-state index in [9.17, 15) is 0 Å². The average molecular weight is 216 g/mol. The monoisotopic (exact) mass is 216 g/mol. The van der Waals surface area contributed by atoms with E-state index in [0.717, 1.165) is 6.42 Å². The van der Waals surface area contributed by atoms with E-state index in [1.54, 1.807) is 0 Å². The highest BCUT2D eigenvalue weighted by Crippen LogP contribution is 2.39. The SMILES string of the molecule is C=C(C)[C@@H]1CC[C@@H](C)O[C@H]1c1ccccc1. The van der Waals surface area contributed by atoms with Crippen LogP contribution in [0.1, 0.15) is 38.4 Å². The summed E-state index contributed by atoms with van der Waals surface area (Å²) in [7, 11) is 0. The first-order chi connectivity index (χ1) is 7.68. The van der Waals surface area contributed by atoms with Crippen LogP contribution in [0, 0.1) is 5.92 Å². The fourth-order valence-corrected chi connectivity index (χ4v) is 2.44. The molecule has 0 spiro atoms. The van der Waals surface area contributed by atoms with Crippen LogP contribution in [0.3, 0.4) is 0 Å². The van der Waals surface area contributed by atoms with Gasteiger partial charge in [-0.15, -0.1) is 0 Å². The standard InChI is InChI=1S/C15H20O/c1-11(2)14-10-9-12(3)16-15(14)13-7-5-4-6-8-13/h4-8,12,14-15H,1,9-10H2,2-3H3/t12-,14+,15+/m1/s1. The molecule has 1 aromatic carbocycles. The Balaban J connectivity index is 2.24. The lowest BCUT2D eigenvalue weighted by Crippen LogP contribution is -2.28. The summed E-state index contributed by atoms with van der Waals surface area (Å²) >= 11 is 0. The summed E-state index contributed by atoms with van der Waals surface area (Å²) in [6, 6.07) is 10.5. The predicted octanol–water partition coefficient (Wildman–Crippen LogP) is 4.12. The van der Waals surface area contributed by atoms with Gasteiger partial charge in [-0.3, -0.25) is 0 Å². The van der Waals surface area contributed by atoms with Crippen LogP contribution in [0.2, 0.25) is 0 Å².